The zero-order valence-corrected chi connectivity index (χ0v) is 8.68. The Morgan fingerprint density at radius 1 is 1.43 bits per heavy atom. The SMILES string of the molecule is CC(C)c1nc2nc(N)sc2c(=O)[nH]1. The van der Waals surface area contributed by atoms with Gasteiger partial charge in [0.25, 0.3) is 5.56 Å². The molecule has 0 aliphatic heterocycles. The van der Waals surface area contributed by atoms with Crippen molar-refractivity contribution in [2.45, 2.75) is 19.8 Å². The van der Waals surface area contributed by atoms with Crippen molar-refractivity contribution < 1.29 is 0 Å². The monoisotopic (exact) mass is 210 g/mol. The summed E-state index contributed by atoms with van der Waals surface area (Å²) in [7, 11) is 0. The van der Waals surface area contributed by atoms with Gasteiger partial charge in [0.1, 0.15) is 10.5 Å². The third kappa shape index (κ3) is 1.37. The van der Waals surface area contributed by atoms with Crippen LogP contribution in [0, 0.1) is 0 Å². The molecule has 2 rings (SSSR count). The van der Waals surface area contributed by atoms with Gasteiger partial charge in [-0.05, 0) is 0 Å². The van der Waals surface area contributed by atoms with Crippen molar-refractivity contribution in [3.8, 4) is 0 Å². The smallest absolute Gasteiger partial charge is 0.270 e. The molecular weight excluding hydrogens is 200 g/mol. The average molecular weight is 210 g/mol. The second-order valence-corrected chi connectivity index (χ2v) is 4.34. The number of thiazole rings is 1. The summed E-state index contributed by atoms with van der Waals surface area (Å²) < 4.78 is 0.493. The minimum absolute atomic E-state index is 0.159. The molecule has 0 unspecified atom stereocenters. The van der Waals surface area contributed by atoms with E-state index in [-0.39, 0.29) is 11.5 Å². The van der Waals surface area contributed by atoms with E-state index in [1.165, 1.54) is 0 Å². The first-order valence-electron chi connectivity index (χ1n) is 4.24. The van der Waals surface area contributed by atoms with E-state index in [2.05, 4.69) is 15.0 Å². The van der Waals surface area contributed by atoms with Crippen LogP contribution in [-0.4, -0.2) is 15.0 Å². The molecule has 0 saturated carbocycles. The van der Waals surface area contributed by atoms with Crippen LogP contribution in [0.1, 0.15) is 25.6 Å². The predicted octanol–water partition coefficient (Wildman–Crippen LogP) is 1.09. The number of rotatable bonds is 1. The van der Waals surface area contributed by atoms with E-state index in [4.69, 9.17) is 5.73 Å². The lowest BCUT2D eigenvalue weighted by atomic mass is 10.2. The molecule has 0 spiro atoms. The lowest BCUT2D eigenvalue weighted by Gasteiger charge is -2.01. The van der Waals surface area contributed by atoms with Gasteiger partial charge < -0.3 is 10.7 Å². The molecule has 14 heavy (non-hydrogen) atoms. The van der Waals surface area contributed by atoms with E-state index >= 15 is 0 Å². The van der Waals surface area contributed by atoms with Crippen LogP contribution in [0.25, 0.3) is 10.3 Å². The molecule has 6 heteroatoms. The lowest BCUT2D eigenvalue weighted by molar-refractivity contribution is 0.775. The van der Waals surface area contributed by atoms with Crippen molar-refractivity contribution in [2.24, 2.45) is 0 Å². The Labute approximate surface area is 84.0 Å². The third-order valence-corrected chi connectivity index (χ3v) is 2.72. The Hall–Kier alpha value is -1.43. The van der Waals surface area contributed by atoms with Crippen molar-refractivity contribution in [2.75, 3.05) is 5.73 Å². The molecule has 3 N–H and O–H groups in total. The Kier molecular flexibility index (Phi) is 1.99. The number of nitrogen functional groups attached to an aromatic ring is 1. The molecular formula is C8H10N4OS. The first-order valence-corrected chi connectivity index (χ1v) is 5.06. The van der Waals surface area contributed by atoms with Crippen molar-refractivity contribution in [1.29, 1.82) is 0 Å². The average Bonchev–Trinajstić information content (AvgIpc) is 2.45. The van der Waals surface area contributed by atoms with E-state index in [0.717, 1.165) is 11.3 Å². The summed E-state index contributed by atoms with van der Waals surface area (Å²) >= 11 is 1.16. The highest BCUT2D eigenvalue weighted by Crippen LogP contribution is 2.19. The predicted molar refractivity (Wildman–Crippen MR) is 56.5 cm³/mol. The molecule has 0 fully saturated rings. The molecule has 0 saturated heterocycles. The van der Waals surface area contributed by atoms with Gasteiger partial charge in [0.2, 0.25) is 0 Å². The number of hydrogen-bond donors (Lipinski definition) is 2. The number of aromatic amines is 1. The van der Waals surface area contributed by atoms with Crippen LogP contribution in [0.3, 0.4) is 0 Å². The zero-order chi connectivity index (χ0) is 10.3. The molecule has 0 bridgehead atoms. The summed E-state index contributed by atoms with van der Waals surface area (Å²) in [5.74, 6) is 0.822. The van der Waals surface area contributed by atoms with Crippen LogP contribution >= 0.6 is 11.3 Å². The van der Waals surface area contributed by atoms with Crippen molar-refractivity contribution in [1.82, 2.24) is 15.0 Å². The van der Waals surface area contributed by atoms with E-state index in [0.29, 0.717) is 21.3 Å². The van der Waals surface area contributed by atoms with Crippen LogP contribution < -0.4 is 11.3 Å². The second-order valence-electron chi connectivity index (χ2n) is 3.31. The van der Waals surface area contributed by atoms with Crippen molar-refractivity contribution >= 4 is 26.8 Å². The fourth-order valence-corrected chi connectivity index (χ4v) is 1.81. The van der Waals surface area contributed by atoms with Gasteiger partial charge in [-0.1, -0.05) is 25.2 Å². The fraction of sp³-hybridized carbons (Fsp3) is 0.375. The Morgan fingerprint density at radius 3 is 2.79 bits per heavy atom. The number of anilines is 1. The molecule has 0 aliphatic carbocycles. The quantitative estimate of drug-likeness (QED) is 0.737. The first-order chi connectivity index (χ1) is 6.58. The van der Waals surface area contributed by atoms with Crippen LogP contribution in [-0.2, 0) is 0 Å². The highest BCUT2D eigenvalue weighted by atomic mass is 32.1. The van der Waals surface area contributed by atoms with Gasteiger partial charge in [-0.15, -0.1) is 0 Å². The molecule has 74 valence electrons. The lowest BCUT2D eigenvalue weighted by Crippen LogP contribution is -2.11. The van der Waals surface area contributed by atoms with Crippen LogP contribution in [0.5, 0.6) is 0 Å². The zero-order valence-electron chi connectivity index (χ0n) is 7.87. The molecule has 0 atom stereocenters. The maximum Gasteiger partial charge on any atom is 0.270 e. The highest BCUT2D eigenvalue weighted by Gasteiger charge is 2.10. The molecule has 0 aliphatic rings. The summed E-state index contributed by atoms with van der Waals surface area (Å²) in [6, 6.07) is 0. The molecule has 0 aromatic carbocycles. The van der Waals surface area contributed by atoms with E-state index in [9.17, 15) is 4.79 Å². The Morgan fingerprint density at radius 2 is 2.14 bits per heavy atom. The van der Waals surface area contributed by atoms with E-state index in [1.54, 1.807) is 0 Å². The molecule has 2 aromatic rings. The molecule has 2 heterocycles. The Bertz CT molecular complexity index is 528. The van der Waals surface area contributed by atoms with Crippen molar-refractivity contribution in [3.05, 3.63) is 16.2 Å². The number of H-pyrrole nitrogens is 1. The minimum atomic E-state index is -0.159. The van der Waals surface area contributed by atoms with Gasteiger partial charge in [0.15, 0.2) is 10.8 Å². The number of nitrogens with zero attached hydrogens (tertiary/aromatic N) is 2. The largest absolute Gasteiger partial charge is 0.375 e. The normalized spacial score (nSPS) is 11.4. The second kappa shape index (κ2) is 3.06. The van der Waals surface area contributed by atoms with Crippen LogP contribution in [0.15, 0.2) is 4.79 Å². The molecule has 0 radical (unpaired) electrons. The minimum Gasteiger partial charge on any atom is -0.375 e. The standard InChI is InChI=1S/C8H10N4OS/c1-3(2)5-10-6-4(7(13)11-5)14-8(9)12-6/h3H,1-2H3,(H3,9,10,11,12,13). The number of aromatic nitrogens is 3. The van der Waals surface area contributed by atoms with Gasteiger partial charge in [0, 0.05) is 5.92 Å². The summed E-state index contributed by atoms with van der Waals surface area (Å²) in [5.41, 5.74) is 5.79. The van der Waals surface area contributed by atoms with E-state index in [1.807, 2.05) is 13.8 Å². The fourth-order valence-electron chi connectivity index (χ4n) is 1.14. The van der Waals surface area contributed by atoms with Gasteiger partial charge in [-0.3, -0.25) is 4.79 Å². The Balaban J connectivity index is 2.78. The van der Waals surface area contributed by atoms with Crippen LogP contribution in [0.4, 0.5) is 5.13 Å². The van der Waals surface area contributed by atoms with E-state index < -0.39 is 0 Å². The maximum atomic E-state index is 11.5. The van der Waals surface area contributed by atoms with Crippen molar-refractivity contribution in [3.63, 3.8) is 0 Å². The number of nitrogens with two attached hydrogens (primary N) is 1. The number of nitrogens with one attached hydrogen (secondary N) is 1. The summed E-state index contributed by atoms with van der Waals surface area (Å²) in [4.78, 5) is 22.5. The summed E-state index contributed by atoms with van der Waals surface area (Å²) in [6.45, 7) is 3.92. The van der Waals surface area contributed by atoms with Crippen LogP contribution in [0.2, 0.25) is 0 Å². The maximum absolute atomic E-state index is 11.5. The van der Waals surface area contributed by atoms with Gasteiger partial charge in [-0.25, -0.2) is 9.97 Å². The molecule has 0 amide bonds. The highest BCUT2D eigenvalue weighted by molar-refractivity contribution is 7.21. The summed E-state index contributed by atoms with van der Waals surface area (Å²) in [5, 5.41) is 0.374. The number of fused-ring (bicyclic) bond motifs is 1. The third-order valence-electron chi connectivity index (χ3n) is 1.85. The topological polar surface area (TPSA) is 84.7 Å². The first kappa shape index (κ1) is 9.14. The van der Waals surface area contributed by atoms with Gasteiger partial charge in [0.05, 0.1) is 0 Å². The molecule has 5 nitrogen and oxygen atoms in total. The van der Waals surface area contributed by atoms with Gasteiger partial charge >= 0.3 is 0 Å². The number of hydrogen-bond acceptors (Lipinski definition) is 5. The summed E-state index contributed by atoms with van der Waals surface area (Å²) in [6.07, 6.45) is 0. The van der Waals surface area contributed by atoms with Gasteiger partial charge in [-0.2, -0.15) is 0 Å². The molecule has 2 aromatic heterocycles.